The molecule has 0 aromatic heterocycles. The lowest BCUT2D eigenvalue weighted by atomic mass is 10.0. The molecule has 5 heteroatoms. The Bertz CT molecular complexity index is 355. The van der Waals surface area contributed by atoms with E-state index in [0.29, 0.717) is 24.5 Å². The maximum Gasteiger partial charge on any atom is 0.211 e. The van der Waals surface area contributed by atoms with Gasteiger partial charge in [0.05, 0.1) is 6.26 Å². The van der Waals surface area contributed by atoms with Crippen LogP contribution in [0.4, 0.5) is 0 Å². The highest BCUT2D eigenvalue weighted by Gasteiger charge is 2.40. The predicted octanol–water partition coefficient (Wildman–Crippen LogP) is 1.19. The van der Waals surface area contributed by atoms with Crippen molar-refractivity contribution in [1.29, 1.82) is 0 Å². The number of rotatable bonds is 5. The number of nitrogens with one attached hydrogen (secondary N) is 1. The monoisotopic (exact) mass is 260 g/mol. The molecule has 2 aliphatic rings. The second-order valence-electron chi connectivity index (χ2n) is 5.67. The third-order valence-corrected chi connectivity index (χ3v) is 5.70. The van der Waals surface area contributed by atoms with E-state index in [1.807, 2.05) is 0 Å². The Kier molecular flexibility index (Phi) is 3.80. The zero-order valence-electron chi connectivity index (χ0n) is 10.9. The van der Waals surface area contributed by atoms with Gasteiger partial charge in [-0.15, -0.1) is 0 Å². The average Bonchev–Trinajstić information content (AvgIpc) is 3.06. The van der Waals surface area contributed by atoms with Crippen molar-refractivity contribution in [3.63, 3.8) is 0 Å². The summed E-state index contributed by atoms with van der Waals surface area (Å²) < 4.78 is 24.3. The van der Waals surface area contributed by atoms with E-state index in [2.05, 4.69) is 12.2 Å². The molecular formula is C12H24N2O2S. The van der Waals surface area contributed by atoms with Crippen LogP contribution in [0.15, 0.2) is 0 Å². The largest absolute Gasteiger partial charge is 0.313 e. The Morgan fingerprint density at radius 3 is 2.29 bits per heavy atom. The van der Waals surface area contributed by atoms with Gasteiger partial charge in [-0.1, -0.05) is 6.92 Å². The summed E-state index contributed by atoms with van der Waals surface area (Å²) in [4.78, 5) is 0. The molecule has 0 radical (unpaired) electrons. The highest BCUT2D eigenvalue weighted by atomic mass is 32.2. The lowest BCUT2D eigenvalue weighted by Crippen LogP contribution is -2.45. The van der Waals surface area contributed by atoms with Crippen molar-refractivity contribution in [3.8, 4) is 0 Å². The molecule has 1 heterocycles. The molecule has 100 valence electrons. The minimum absolute atomic E-state index is 0.511. The molecule has 1 aliphatic carbocycles. The summed E-state index contributed by atoms with van der Waals surface area (Å²) in [5.74, 6) is 0. The van der Waals surface area contributed by atoms with Crippen molar-refractivity contribution in [2.24, 2.45) is 5.41 Å². The van der Waals surface area contributed by atoms with Crippen molar-refractivity contribution < 1.29 is 8.42 Å². The number of nitrogens with zero attached hydrogens (tertiary/aromatic N) is 1. The Balaban J connectivity index is 1.72. The molecule has 2 rings (SSSR count). The Morgan fingerprint density at radius 2 is 1.88 bits per heavy atom. The van der Waals surface area contributed by atoms with Gasteiger partial charge in [0.25, 0.3) is 0 Å². The van der Waals surface area contributed by atoms with Crippen molar-refractivity contribution in [2.45, 2.75) is 45.1 Å². The topological polar surface area (TPSA) is 49.4 Å². The van der Waals surface area contributed by atoms with Crippen LogP contribution in [-0.4, -0.2) is 44.7 Å². The van der Waals surface area contributed by atoms with E-state index < -0.39 is 10.0 Å². The quantitative estimate of drug-likeness (QED) is 0.808. The van der Waals surface area contributed by atoms with Crippen LogP contribution < -0.4 is 5.32 Å². The maximum absolute atomic E-state index is 11.4. The Hall–Kier alpha value is -0.130. The van der Waals surface area contributed by atoms with Gasteiger partial charge in [-0.05, 0) is 37.5 Å². The maximum atomic E-state index is 11.4. The number of sulfonamides is 1. The SMILES string of the molecule is CCC1(CNC2CCN(S(C)(=O)=O)CC2)CC1. The van der Waals surface area contributed by atoms with Gasteiger partial charge in [0.1, 0.15) is 0 Å². The molecule has 0 aromatic rings. The minimum atomic E-state index is -2.98. The van der Waals surface area contributed by atoms with Crippen molar-refractivity contribution in [2.75, 3.05) is 25.9 Å². The molecule has 0 amide bonds. The summed E-state index contributed by atoms with van der Waals surface area (Å²) in [6.07, 6.45) is 7.19. The van der Waals surface area contributed by atoms with E-state index >= 15 is 0 Å². The Morgan fingerprint density at radius 1 is 1.29 bits per heavy atom. The molecule has 1 saturated heterocycles. The van der Waals surface area contributed by atoms with Crippen molar-refractivity contribution in [1.82, 2.24) is 9.62 Å². The molecule has 0 unspecified atom stereocenters. The van der Waals surface area contributed by atoms with Crippen molar-refractivity contribution >= 4 is 10.0 Å². The summed E-state index contributed by atoms with van der Waals surface area (Å²) in [6, 6.07) is 0.511. The normalized spacial score (nSPS) is 26.0. The van der Waals surface area contributed by atoms with Crippen LogP contribution in [0.1, 0.15) is 39.0 Å². The molecule has 2 fully saturated rings. The van der Waals surface area contributed by atoms with Gasteiger partial charge in [-0.3, -0.25) is 0 Å². The molecule has 1 N–H and O–H groups in total. The van der Waals surface area contributed by atoms with Crippen molar-refractivity contribution in [3.05, 3.63) is 0 Å². The van der Waals surface area contributed by atoms with Crippen LogP contribution in [0.2, 0.25) is 0 Å². The van der Waals surface area contributed by atoms with Crippen LogP contribution >= 0.6 is 0 Å². The van der Waals surface area contributed by atoms with E-state index in [9.17, 15) is 8.42 Å². The smallest absolute Gasteiger partial charge is 0.211 e. The number of piperidine rings is 1. The fraction of sp³-hybridized carbons (Fsp3) is 1.00. The van der Waals surface area contributed by atoms with E-state index in [1.165, 1.54) is 25.5 Å². The summed E-state index contributed by atoms with van der Waals surface area (Å²) in [6.45, 7) is 4.74. The van der Waals surface area contributed by atoms with E-state index in [0.717, 1.165) is 19.4 Å². The molecule has 0 spiro atoms. The molecular weight excluding hydrogens is 236 g/mol. The average molecular weight is 260 g/mol. The van der Waals surface area contributed by atoms with Crippen LogP contribution in [0.25, 0.3) is 0 Å². The second-order valence-corrected chi connectivity index (χ2v) is 7.65. The van der Waals surface area contributed by atoms with Gasteiger partial charge in [0.2, 0.25) is 10.0 Å². The highest BCUT2D eigenvalue weighted by molar-refractivity contribution is 7.88. The predicted molar refractivity (Wildman–Crippen MR) is 69.4 cm³/mol. The molecule has 17 heavy (non-hydrogen) atoms. The summed E-state index contributed by atoms with van der Waals surface area (Å²) >= 11 is 0. The fourth-order valence-electron chi connectivity index (χ4n) is 2.58. The zero-order chi connectivity index (χ0) is 12.5. The molecule has 1 saturated carbocycles. The van der Waals surface area contributed by atoms with Gasteiger partial charge in [-0.25, -0.2) is 12.7 Å². The molecule has 0 aromatic carbocycles. The fourth-order valence-corrected chi connectivity index (χ4v) is 3.46. The first-order valence-corrected chi connectivity index (χ1v) is 8.48. The van der Waals surface area contributed by atoms with Gasteiger partial charge < -0.3 is 5.32 Å². The second kappa shape index (κ2) is 4.86. The summed E-state index contributed by atoms with van der Waals surface area (Å²) in [5, 5.41) is 3.63. The lowest BCUT2D eigenvalue weighted by Gasteiger charge is -2.31. The van der Waals surface area contributed by atoms with Crippen LogP contribution in [-0.2, 0) is 10.0 Å². The van der Waals surface area contributed by atoms with E-state index in [1.54, 1.807) is 4.31 Å². The van der Waals surface area contributed by atoms with Crippen LogP contribution in [0, 0.1) is 5.41 Å². The van der Waals surface area contributed by atoms with Gasteiger partial charge in [0.15, 0.2) is 0 Å². The van der Waals surface area contributed by atoms with Crippen LogP contribution in [0.5, 0.6) is 0 Å². The first kappa shape index (κ1) is 13.3. The highest BCUT2D eigenvalue weighted by Crippen LogP contribution is 2.48. The van der Waals surface area contributed by atoms with Gasteiger partial charge >= 0.3 is 0 Å². The first-order chi connectivity index (χ1) is 7.95. The minimum Gasteiger partial charge on any atom is -0.313 e. The third kappa shape index (κ3) is 3.42. The van der Waals surface area contributed by atoms with Gasteiger partial charge in [-0.2, -0.15) is 0 Å². The van der Waals surface area contributed by atoms with E-state index in [4.69, 9.17) is 0 Å². The molecule has 0 atom stereocenters. The zero-order valence-corrected chi connectivity index (χ0v) is 11.7. The third-order valence-electron chi connectivity index (χ3n) is 4.40. The van der Waals surface area contributed by atoms with E-state index in [-0.39, 0.29) is 0 Å². The molecule has 1 aliphatic heterocycles. The number of hydrogen-bond donors (Lipinski definition) is 1. The number of hydrogen-bond acceptors (Lipinski definition) is 3. The lowest BCUT2D eigenvalue weighted by molar-refractivity contribution is 0.276. The summed E-state index contributed by atoms with van der Waals surface area (Å²) in [7, 11) is -2.98. The molecule has 0 bridgehead atoms. The Labute approximate surface area is 105 Å². The van der Waals surface area contributed by atoms with Gasteiger partial charge in [0, 0.05) is 25.7 Å². The van der Waals surface area contributed by atoms with Crippen LogP contribution in [0.3, 0.4) is 0 Å². The standard InChI is InChI=1S/C12H24N2O2S/c1-3-12(6-7-12)10-13-11-4-8-14(9-5-11)17(2,15)16/h11,13H,3-10H2,1-2H3. The molecule has 4 nitrogen and oxygen atoms in total. The first-order valence-electron chi connectivity index (χ1n) is 6.64. The summed E-state index contributed by atoms with van der Waals surface area (Å²) in [5.41, 5.74) is 0.577.